The van der Waals surface area contributed by atoms with Crippen LogP contribution < -0.4 is 0 Å². The van der Waals surface area contributed by atoms with Gasteiger partial charge >= 0.3 is 0 Å². The third-order valence-corrected chi connectivity index (χ3v) is 3.42. The molecule has 1 aliphatic heterocycles. The highest BCUT2D eigenvalue weighted by atomic mass is 15.2. The Morgan fingerprint density at radius 2 is 1.88 bits per heavy atom. The molecule has 0 amide bonds. The molecular formula is C14H28N2. The van der Waals surface area contributed by atoms with Gasteiger partial charge in [-0.25, -0.2) is 5.26 Å². The first-order valence-electron chi connectivity index (χ1n) is 6.88. The lowest BCUT2D eigenvalue weighted by atomic mass is 9.98. The number of piperidine rings is 1. The molecule has 2 heteroatoms. The van der Waals surface area contributed by atoms with Crippen molar-refractivity contribution < 1.29 is 0 Å². The van der Waals surface area contributed by atoms with Crippen molar-refractivity contribution in [1.82, 2.24) is 4.90 Å². The van der Waals surface area contributed by atoms with E-state index in [0.717, 1.165) is 6.04 Å². The van der Waals surface area contributed by atoms with E-state index in [2.05, 4.69) is 25.3 Å². The zero-order valence-electron chi connectivity index (χ0n) is 11.1. The molecule has 0 N–H and O–H groups in total. The molecular weight excluding hydrogens is 196 g/mol. The van der Waals surface area contributed by atoms with Crippen LogP contribution >= 0.6 is 0 Å². The monoisotopic (exact) mass is 224 g/mol. The maximum absolute atomic E-state index is 6.50. The summed E-state index contributed by atoms with van der Waals surface area (Å²) in [7, 11) is 0. The zero-order chi connectivity index (χ0) is 12.2. The van der Waals surface area contributed by atoms with Gasteiger partial charge in [0.25, 0.3) is 0 Å². The summed E-state index contributed by atoms with van der Waals surface area (Å²) in [6, 6.07) is 0.922. The molecule has 0 radical (unpaired) electrons. The fourth-order valence-corrected chi connectivity index (χ4v) is 2.58. The van der Waals surface area contributed by atoms with Crippen molar-refractivity contribution in [3.05, 3.63) is 0 Å². The third kappa shape index (κ3) is 6.12. The quantitative estimate of drug-likeness (QED) is 0.638. The number of hydrogen-bond donors (Lipinski definition) is 0. The van der Waals surface area contributed by atoms with Crippen LogP contribution in [-0.2, 0) is 0 Å². The average molecular weight is 224 g/mol. The molecule has 94 valence electrons. The molecule has 0 bridgehead atoms. The van der Waals surface area contributed by atoms with Crippen molar-refractivity contribution in [3.8, 4) is 6.57 Å². The van der Waals surface area contributed by atoms with Crippen LogP contribution in [0.2, 0.25) is 0 Å². The lowest BCUT2D eigenvalue weighted by molar-refractivity contribution is 0.137. The summed E-state index contributed by atoms with van der Waals surface area (Å²) >= 11 is 0. The molecule has 2 nitrogen and oxygen atoms in total. The molecule has 0 aromatic rings. The Morgan fingerprint density at radius 3 is 2.50 bits per heavy atom. The average Bonchev–Trinajstić information content (AvgIpc) is 2.35. The minimum Gasteiger partial charge on any atom is -0.300 e. The van der Waals surface area contributed by atoms with Crippen molar-refractivity contribution in [2.75, 3.05) is 13.1 Å². The molecule has 1 aliphatic rings. The van der Waals surface area contributed by atoms with Crippen molar-refractivity contribution in [1.29, 1.82) is 5.26 Å². The Balaban J connectivity index is 0.00000106. The first-order chi connectivity index (χ1) is 7.88. The van der Waals surface area contributed by atoms with Gasteiger partial charge in [0.1, 0.15) is 0 Å². The zero-order valence-corrected chi connectivity index (χ0v) is 11.1. The van der Waals surface area contributed by atoms with E-state index in [-0.39, 0.29) is 0 Å². The number of nitrogens with zero attached hydrogens (tertiary/aromatic N) is 2. The first kappa shape index (κ1) is 15.4. The summed E-state index contributed by atoms with van der Waals surface area (Å²) in [6.45, 7) is 10.8. The molecule has 0 aromatic heterocycles. The molecule has 1 rings (SSSR count). The van der Waals surface area contributed by atoms with E-state index >= 15 is 0 Å². The lowest BCUT2D eigenvalue weighted by Gasteiger charge is -2.35. The fourth-order valence-electron chi connectivity index (χ4n) is 2.58. The van der Waals surface area contributed by atoms with E-state index in [1.165, 1.54) is 64.5 Å². The number of rotatable bonds is 6. The first-order valence-corrected chi connectivity index (χ1v) is 6.88. The molecule has 0 aliphatic carbocycles. The Kier molecular flexibility index (Phi) is 10.6. The second kappa shape index (κ2) is 11.0. The third-order valence-electron chi connectivity index (χ3n) is 3.42. The molecule has 0 spiro atoms. The summed E-state index contributed by atoms with van der Waals surface area (Å²) < 4.78 is 0. The van der Waals surface area contributed by atoms with Crippen molar-refractivity contribution in [2.24, 2.45) is 0 Å². The minimum absolute atomic E-state index is 0.922. The molecule has 0 saturated carbocycles. The predicted molar refractivity (Wildman–Crippen MR) is 70.3 cm³/mol. The summed E-state index contributed by atoms with van der Waals surface area (Å²) in [5.74, 6) is 0. The van der Waals surface area contributed by atoms with Crippen molar-refractivity contribution in [3.63, 3.8) is 0 Å². The van der Waals surface area contributed by atoms with E-state index in [1.807, 2.05) is 0 Å². The van der Waals surface area contributed by atoms with E-state index < -0.39 is 0 Å². The molecule has 1 heterocycles. The van der Waals surface area contributed by atoms with Gasteiger partial charge in [-0.3, -0.25) is 0 Å². The van der Waals surface area contributed by atoms with E-state index in [1.54, 1.807) is 0 Å². The normalized spacial score (nSPS) is 21.1. The van der Waals surface area contributed by atoms with Crippen molar-refractivity contribution in [2.45, 2.75) is 71.3 Å². The van der Waals surface area contributed by atoms with Gasteiger partial charge in [-0.15, -0.1) is 0 Å². The smallest absolute Gasteiger partial charge is 0.0462 e. The second-order valence-corrected chi connectivity index (χ2v) is 4.68. The summed E-state index contributed by atoms with van der Waals surface area (Å²) in [4.78, 5) is 2.75. The Labute approximate surface area is 102 Å². The molecule has 16 heavy (non-hydrogen) atoms. The fraction of sp³-hybridized carbons (Fsp3) is 0.929. The summed E-state index contributed by atoms with van der Waals surface area (Å²) in [5.41, 5.74) is 0. The highest BCUT2D eigenvalue weighted by molar-refractivity contribution is 4.76. The largest absolute Gasteiger partial charge is 0.300 e. The van der Waals surface area contributed by atoms with Gasteiger partial charge in [0, 0.05) is 12.6 Å². The Morgan fingerprint density at radius 1 is 1.12 bits per heavy atom. The maximum Gasteiger partial charge on any atom is 0.0462 e. The van der Waals surface area contributed by atoms with Crippen LogP contribution in [-0.4, -0.2) is 24.0 Å². The molecule has 1 saturated heterocycles. The standard InChI is InChI=1S/C13H27N.CHN/c1-3-5-7-11-14-12-8-6-10-13(14)9-4-2;1-2/h13H,3-12H2,1-2H3;1H. The van der Waals surface area contributed by atoms with Gasteiger partial charge in [-0.2, -0.15) is 0 Å². The van der Waals surface area contributed by atoms with Crippen LogP contribution in [0.15, 0.2) is 0 Å². The number of likely N-dealkylation sites (tertiary alicyclic amines) is 1. The van der Waals surface area contributed by atoms with Gasteiger partial charge in [-0.05, 0) is 38.8 Å². The van der Waals surface area contributed by atoms with Gasteiger partial charge in [0.05, 0.1) is 0 Å². The van der Waals surface area contributed by atoms with Crippen molar-refractivity contribution >= 4 is 0 Å². The van der Waals surface area contributed by atoms with Crippen LogP contribution in [0.3, 0.4) is 0 Å². The van der Waals surface area contributed by atoms with Gasteiger partial charge in [-0.1, -0.05) is 39.5 Å². The van der Waals surface area contributed by atoms with Crippen LogP contribution in [0.5, 0.6) is 0 Å². The molecule has 1 fully saturated rings. The molecule has 1 unspecified atom stereocenters. The second-order valence-electron chi connectivity index (χ2n) is 4.68. The summed E-state index contributed by atoms with van der Waals surface area (Å²) in [5, 5.41) is 6.50. The molecule has 0 aromatic carbocycles. The van der Waals surface area contributed by atoms with Gasteiger partial charge in [0.15, 0.2) is 0 Å². The van der Waals surface area contributed by atoms with Crippen LogP contribution in [0.4, 0.5) is 0 Å². The van der Waals surface area contributed by atoms with Gasteiger partial charge < -0.3 is 4.90 Å². The SMILES string of the molecule is C#N.CCCCCN1CCCCC1CCC. The van der Waals surface area contributed by atoms with Crippen LogP contribution in [0, 0.1) is 11.8 Å². The summed E-state index contributed by atoms with van der Waals surface area (Å²) in [6.07, 6.45) is 11.3. The Hall–Kier alpha value is -0.550. The highest BCUT2D eigenvalue weighted by Crippen LogP contribution is 2.21. The maximum atomic E-state index is 6.50. The number of hydrogen-bond acceptors (Lipinski definition) is 2. The van der Waals surface area contributed by atoms with E-state index in [0.29, 0.717) is 0 Å². The minimum atomic E-state index is 0.922. The highest BCUT2D eigenvalue weighted by Gasteiger charge is 2.20. The molecule has 1 atom stereocenters. The van der Waals surface area contributed by atoms with E-state index in [4.69, 9.17) is 5.26 Å². The topological polar surface area (TPSA) is 27.0 Å². The van der Waals surface area contributed by atoms with E-state index in [9.17, 15) is 0 Å². The van der Waals surface area contributed by atoms with Crippen LogP contribution in [0.25, 0.3) is 0 Å². The Bertz CT molecular complexity index is 163. The van der Waals surface area contributed by atoms with Gasteiger partial charge in [0.2, 0.25) is 0 Å². The lowest BCUT2D eigenvalue weighted by Crippen LogP contribution is -2.39. The number of unbranched alkanes of at least 4 members (excludes halogenated alkanes) is 2. The predicted octanol–water partition coefficient (Wildman–Crippen LogP) is 3.97. The van der Waals surface area contributed by atoms with Crippen LogP contribution in [0.1, 0.15) is 65.2 Å². The number of nitriles is 1.